The van der Waals surface area contributed by atoms with E-state index in [0.29, 0.717) is 39.6 Å². The first-order valence-electron chi connectivity index (χ1n) is 9.41. The van der Waals surface area contributed by atoms with Gasteiger partial charge in [-0.3, -0.25) is 4.79 Å². The molecule has 0 aromatic heterocycles. The molecule has 1 atom stereocenters. The molecule has 0 aromatic rings. The van der Waals surface area contributed by atoms with E-state index in [0.717, 1.165) is 18.9 Å². The highest BCUT2D eigenvalue weighted by Crippen LogP contribution is 2.11. The van der Waals surface area contributed by atoms with Crippen molar-refractivity contribution in [1.82, 2.24) is 0 Å². The highest BCUT2D eigenvalue weighted by atomic mass is 16.6. The number of carbonyl (C=O) groups is 1. The molecule has 24 heavy (non-hydrogen) atoms. The maximum atomic E-state index is 11.3. The van der Waals surface area contributed by atoms with Gasteiger partial charge < -0.3 is 18.9 Å². The SMILES string of the molecule is CCCC(C)CCCOCCOCCOCCOCC(=O)C(C)C. The second-order valence-electron chi connectivity index (χ2n) is 6.55. The minimum absolute atomic E-state index is 0.0290. The summed E-state index contributed by atoms with van der Waals surface area (Å²) in [5, 5.41) is 0. The molecule has 5 nitrogen and oxygen atoms in total. The molecule has 0 bridgehead atoms. The minimum atomic E-state index is 0.0290. The quantitative estimate of drug-likeness (QED) is 0.356. The Morgan fingerprint density at radius 3 is 1.75 bits per heavy atom. The first kappa shape index (κ1) is 23.5. The molecular formula is C19H38O5. The third-order valence-electron chi connectivity index (χ3n) is 3.77. The molecule has 0 aromatic carbocycles. The van der Waals surface area contributed by atoms with Gasteiger partial charge in [0.05, 0.1) is 39.6 Å². The lowest BCUT2D eigenvalue weighted by Gasteiger charge is -2.10. The molecule has 0 aliphatic carbocycles. The van der Waals surface area contributed by atoms with E-state index in [1.807, 2.05) is 13.8 Å². The number of ketones is 1. The normalized spacial score (nSPS) is 12.7. The molecule has 0 radical (unpaired) electrons. The Labute approximate surface area is 148 Å². The van der Waals surface area contributed by atoms with Crippen LogP contribution < -0.4 is 0 Å². The highest BCUT2D eigenvalue weighted by molar-refractivity contribution is 5.81. The summed E-state index contributed by atoms with van der Waals surface area (Å²) in [6.45, 7) is 12.5. The van der Waals surface area contributed by atoms with Crippen molar-refractivity contribution in [2.75, 3.05) is 52.9 Å². The number of ether oxygens (including phenoxy) is 4. The summed E-state index contributed by atoms with van der Waals surface area (Å²) in [7, 11) is 0. The number of hydrogen-bond acceptors (Lipinski definition) is 5. The van der Waals surface area contributed by atoms with Crippen molar-refractivity contribution >= 4 is 5.78 Å². The molecule has 0 fully saturated rings. The van der Waals surface area contributed by atoms with Crippen molar-refractivity contribution in [2.24, 2.45) is 11.8 Å². The van der Waals surface area contributed by atoms with Crippen LogP contribution >= 0.6 is 0 Å². The van der Waals surface area contributed by atoms with Gasteiger partial charge in [-0.15, -0.1) is 0 Å². The maximum Gasteiger partial charge on any atom is 0.160 e. The second kappa shape index (κ2) is 17.3. The van der Waals surface area contributed by atoms with Crippen LogP contribution in [-0.2, 0) is 23.7 Å². The Morgan fingerprint density at radius 2 is 1.25 bits per heavy atom. The summed E-state index contributed by atoms with van der Waals surface area (Å²) in [4.78, 5) is 11.3. The molecule has 0 N–H and O–H groups in total. The van der Waals surface area contributed by atoms with Gasteiger partial charge in [0, 0.05) is 12.5 Å². The van der Waals surface area contributed by atoms with E-state index in [4.69, 9.17) is 18.9 Å². The fraction of sp³-hybridized carbons (Fsp3) is 0.947. The molecule has 0 rings (SSSR count). The number of hydrogen-bond donors (Lipinski definition) is 0. The second-order valence-corrected chi connectivity index (χ2v) is 6.55. The van der Waals surface area contributed by atoms with Crippen LogP contribution in [0.3, 0.4) is 0 Å². The van der Waals surface area contributed by atoms with Crippen LogP contribution in [0.15, 0.2) is 0 Å². The minimum Gasteiger partial charge on any atom is -0.379 e. The zero-order valence-corrected chi connectivity index (χ0v) is 16.2. The van der Waals surface area contributed by atoms with E-state index in [-0.39, 0.29) is 18.3 Å². The van der Waals surface area contributed by atoms with Crippen LogP contribution in [0.4, 0.5) is 0 Å². The average molecular weight is 347 g/mol. The number of rotatable bonds is 18. The average Bonchev–Trinajstić information content (AvgIpc) is 2.55. The van der Waals surface area contributed by atoms with E-state index < -0.39 is 0 Å². The lowest BCUT2D eigenvalue weighted by molar-refractivity contribution is -0.127. The lowest BCUT2D eigenvalue weighted by Crippen LogP contribution is -2.17. The van der Waals surface area contributed by atoms with Gasteiger partial charge in [-0.1, -0.05) is 40.5 Å². The number of Topliss-reactive ketones (excluding diaryl/α,β-unsaturated/α-hetero) is 1. The molecule has 0 saturated carbocycles. The third-order valence-corrected chi connectivity index (χ3v) is 3.77. The van der Waals surface area contributed by atoms with E-state index >= 15 is 0 Å². The standard InChI is InChI=1S/C19H38O5/c1-5-7-18(4)8-6-9-21-10-11-22-12-13-23-14-15-24-16-19(20)17(2)3/h17-18H,5-16H2,1-4H3. The fourth-order valence-electron chi connectivity index (χ4n) is 2.17. The van der Waals surface area contributed by atoms with Crippen LogP contribution in [0.5, 0.6) is 0 Å². The molecule has 5 heteroatoms. The lowest BCUT2D eigenvalue weighted by atomic mass is 10.0. The Balaban J connectivity index is 3.11. The van der Waals surface area contributed by atoms with Gasteiger partial charge in [0.15, 0.2) is 5.78 Å². The zero-order chi connectivity index (χ0) is 18.0. The van der Waals surface area contributed by atoms with Crippen molar-refractivity contribution in [3.63, 3.8) is 0 Å². The molecular weight excluding hydrogens is 308 g/mol. The molecule has 144 valence electrons. The van der Waals surface area contributed by atoms with Gasteiger partial charge in [-0.25, -0.2) is 0 Å². The van der Waals surface area contributed by atoms with Gasteiger partial charge in [0.25, 0.3) is 0 Å². The van der Waals surface area contributed by atoms with Crippen molar-refractivity contribution in [1.29, 1.82) is 0 Å². The van der Waals surface area contributed by atoms with Crippen LogP contribution in [0.25, 0.3) is 0 Å². The van der Waals surface area contributed by atoms with Crippen LogP contribution in [0.1, 0.15) is 53.4 Å². The van der Waals surface area contributed by atoms with Crippen LogP contribution in [-0.4, -0.2) is 58.6 Å². The van der Waals surface area contributed by atoms with Crippen molar-refractivity contribution in [3.05, 3.63) is 0 Å². The van der Waals surface area contributed by atoms with Gasteiger partial charge in [-0.05, 0) is 18.8 Å². The van der Waals surface area contributed by atoms with Crippen molar-refractivity contribution < 1.29 is 23.7 Å². The topological polar surface area (TPSA) is 54.0 Å². The fourth-order valence-corrected chi connectivity index (χ4v) is 2.17. The first-order valence-corrected chi connectivity index (χ1v) is 9.41. The van der Waals surface area contributed by atoms with Crippen molar-refractivity contribution in [2.45, 2.75) is 53.4 Å². The molecule has 0 amide bonds. The molecule has 0 spiro atoms. The van der Waals surface area contributed by atoms with Crippen LogP contribution in [0, 0.1) is 11.8 Å². The Kier molecular flexibility index (Phi) is 17.0. The highest BCUT2D eigenvalue weighted by Gasteiger charge is 2.06. The smallest absolute Gasteiger partial charge is 0.160 e. The summed E-state index contributed by atoms with van der Waals surface area (Å²) >= 11 is 0. The largest absolute Gasteiger partial charge is 0.379 e. The summed E-state index contributed by atoms with van der Waals surface area (Å²) in [6.07, 6.45) is 4.94. The van der Waals surface area contributed by atoms with E-state index in [2.05, 4.69) is 13.8 Å². The Morgan fingerprint density at radius 1 is 0.750 bits per heavy atom. The van der Waals surface area contributed by atoms with Crippen LogP contribution in [0.2, 0.25) is 0 Å². The Hall–Kier alpha value is -0.490. The van der Waals surface area contributed by atoms with Gasteiger partial charge in [0.2, 0.25) is 0 Å². The maximum absolute atomic E-state index is 11.3. The van der Waals surface area contributed by atoms with E-state index in [1.165, 1.54) is 19.3 Å². The molecule has 0 saturated heterocycles. The molecule has 0 aliphatic rings. The monoisotopic (exact) mass is 346 g/mol. The summed E-state index contributed by atoms with van der Waals surface area (Å²) < 4.78 is 21.6. The van der Waals surface area contributed by atoms with Gasteiger partial charge >= 0.3 is 0 Å². The zero-order valence-electron chi connectivity index (χ0n) is 16.2. The van der Waals surface area contributed by atoms with Crippen molar-refractivity contribution in [3.8, 4) is 0 Å². The van der Waals surface area contributed by atoms with Gasteiger partial charge in [0.1, 0.15) is 6.61 Å². The third kappa shape index (κ3) is 16.4. The summed E-state index contributed by atoms with van der Waals surface area (Å²) in [5.74, 6) is 0.957. The summed E-state index contributed by atoms with van der Waals surface area (Å²) in [6, 6.07) is 0. The van der Waals surface area contributed by atoms with E-state index in [1.54, 1.807) is 0 Å². The Bertz CT molecular complexity index is 281. The molecule has 0 aliphatic heterocycles. The molecule has 1 unspecified atom stereocenters. The predicted octanol–water partition coefficient (Wildman–Crippen LogP) is 3.49. The molecule has 0 heterocycles. The number of carbonyl (C=O) groups excluding carboxylic acids is 1. The summed E-state index contributed by atoms with van der Waals surface area (Å²) in [5.41, 5.74) is 0. The predicted molar refractivity (Wildman–Crippen MR) is 96.4 cm³/mol. The van der Waals surface area contributed by atoms with Gasteiger partial charge in [-0.2, -0.15) is 0 Å². The first-order chi connectivity index (χ1) is 11.6. The van der Waals surface area contributed by atoms with E-state index in [9.17, 15) is 4.79 Å².